The second kappa shape index (κ2) is 5.85. The van der Waals surface area contributed by atoms with Crippen molar-refractivity contribution in [2.24, 2.45) is 5.41 Å². The van der Waals surface area contributed by atoms with E-state index in [1.54, 1.807) is 13.3 Å². The van der Waals surface area contributed by atoms with E-state index in [0.29, 0.717) is 6.42 Å². The minimum atomic E-state index is -0.466. The molecule has 0 aliphatic heterocycles. The summed E-state index contributed by atoms with van der Waals surface area (Å²) in [7, 11) is 1.61. The Kier molecular flexibility index (Phi) is 4.70. The van der Waals surface area contributed by atoms with Gasteiger partial charge in [-0.15, -0.1) is 0 Å². The Morgan fingerprint density at radius 1 is 1.44 bits per heavy atom. The first-order chi connectivity index (χ1) is 8.35. The molecular weight excluding hydrogens is 228 g/mol. The molecule has 1 N–H and O–H groups in total. The Morgan fingerprint density at radius 3 is 2.56 bits per heavy atom. The van der Waals surface area contributed by atoms with Gasteiger partial charge in [-0.2, -0.15) is 0 Å². The molecule has 0 aliphatic carbocycles. The number of pyridine rings is 1. The molecule has 1 aromatic heterocycles. The number of carbonyl (C=O) groups is 1. The smallest absolute Gasteiger partial charge is 0.226 e. The quantitative estimate of drug-likeness (QED) is 0.871. The number of nitrogens with one attached hydrogen (secondary N) is 1. The van der Waals surface area contributed by atoms with Gasteiger partial charge in [0.05, 0.1) is 13.3 Å². The highest BCUT2D eigenvalue weighted by Crippen LogP contribution is 2.22. The van der Waals surface area contributed by atoms with Gasteiger partial charge in [0.15, 0.2) is 0 Å². The van der Waals surface area contributed by atoms with Gasteiger partial charge in [0.1, 0.15) is 5.75 Å². The van der Waals surface area contributed by atoms with Crippen LogP contribution in [0, 0.1) is 5.41 Å². The van der Waals surface area contributed by atoms with Crippen LogP contribution in [0.1, 0.15) is 33.4 Å². The van der Waals surface area contributed by atoms with Gasteiger partial charge in [-0.05, 0) is 26.0 Å². The molecule has 1 amide bonds. The van der Waals surface area contributed by atoms with Gasteiger partial charge >= 0.3 is 0 Å². The third kappa shape index (κ3) is 4.02. The molecule has 4 heteroatoms. The maximum atomic E-state index is 12.0. The first kappa shape index (κ1) is 14.5. The summed E-state index contributed by atoms with van der Waals surface area (Å²) in [6, 6.07) is 3.91. The van der Waals surface area contributed by atoms with Crippen LogP contribution in [-0.4, -0.2) is 24.0 Å². The fourth-order valence-corrected chi connectivity index (χ4v) is 1.63. The van der Waals surface area contributed by atoms with E-state index in [0.717, 1.165) is 11.4 Å². The lowest BCUT2D eigenvalue weighted by Gasteiger charge is -2.24. The number of nitrogens with zero attached hydrogens (tertiary/aromatic N) is 1. The fourth-order valence-electron chi connectivity index (χ4n) is 1.63. The second-order valence-electron chi connectivity index (χ2n) is 5.38. The zero-order valence-corrected chi connectivity index (χ0v) is 11.8. The minimum Gasteiger partial charge on any atom is -0.495 e. The normalized spacial score (nSPS) is 11.4. The van der Waals surface area contributed by atoms with Crippen LogP contribution in [0.3, 0.4) is 0 Å². The summed E-state index contributed by atoms with van der Waals surface area (Å²) < 4.78 is 5.06. The summed E-state index contributed by atoms with van der Waals surface area (Å²) in [6.07, 6.45) is 2.28. The van der Waals surface area contributed by atoms with Crippen LogP contribution in [0.25, 0.3) is 0 Å². The predicted molar refractivity (Wildman–Crippen MR) is 71.6 cm³/mol. The average molecular weight is 250 g/mol. The molecule has 1 rings (SSSR count). The molecule has 0 aliphatic rings. The Morgan fingerprint density at radius 2 is 2.11 bits per heavy atom. The topological polar surface area (TPSA) is 51.2 Å². The van der Waals surface area contributed by atoms with Gasteiger partial charge < -0.3 is 10.1 Å². The summed E-state index contributed by atoms with van der Waals surface area (Å²) in [5.74, 6) is 0.776. The largest absolute Gasteiger partial charge is 0.495 e. The number of aromatic nitrogens is 1. The third-order valence-electron chi connectivity index (χ3n) is 2.69. The van der Waals surface area contributed by atoms with Gasteiger partial charge in [-0.3, -0.25) is 9.78 Å². The van der Waals surface area contributed by atoms with E-state index in [9.17, 15) is 4.79 Å². The zero-order valence-electron chi connectivity index (χ0n) is 11.8. The molecule has 0 radical (unpaired) electrons. The number of amides is 1. The highest BCUT2D eigenvalue weighted by atomic mass is 16.5. The molecule has 0 saturated carbocycles. The van der Waals surface area contributed by atoms with Crippen molar-refractivity contribution in [3.63, 3.8) is 0 Å². The molecule has 0 atom stereocenters. The Bertz CT molecular complexity index is 397. The Labute approximate surface area is 109 Å². The second-order valence-corrected chi connectivity index (χ2v) is 5.38. The molecule has 4 nitrogen and oxygen atoms in total. The molecule has 100 valence electrons. The lowest BCUT2D eigenvalue weighted by atomic mass is 9.86. The maximum absolute atomic E-state index is 12.0. The van der Waals surface area contributed by atoms with Crippen LogP contribution >= 0.6 is 0 Å². The van der Waals surface area contributed by atoms with Crippen molar-refractivity contribution in [3.8, 4) is 5.75 Å². The molecule has 0 spiro atoms. The highest BCUT2D eigenvalue weighted by molar-refractivity contribution is 5.82. The van der Waals surface area contributed by atoms with Crippen LogP contribution < -0.4 is 10.1 Å². The number of methoxy groups -OCH3 is 1. The van der Waals surface area contributed by atoms with E-state index < -0.39 is 5.41 Å². The average Bonchev–Trinajstić information content (AvgIpc) is 2.28. The van der Waals surface area contributed by atoms with Gasteiger partial charge in [0, 0.05) is 23.6 Å². The third-order valence-corrected chi connectivity index (χ3v) is 2.69. The van der Waals surface area contributed by atoms with Crippen LogP contribution in [0.15, 0.2) is 18.3 Å². The van der Waals surface area contributed by atoms with Crippen molar-refractivity contribution in [1.82, 2.24) is 10.3 Å². The van der Waals surface area contributed by atoms with Gasteiger partial charge in [-0.25, -0.2) is 0 Å². The Hall–Kier alpha value is -1.58. The summed E-state index contributed by atoms with van der Waals surface area (Å²) >= 11 is 0. The predicted octanol–water partition coefficient (Wildman–Crippen LogP) is 2.18. The van der Waals surface area contributed by atoms with Crippen molar-refractivity contribution in [3.05, 3.63) is 24.0 Å². The molecule has 0 bridgehead atoms. The van der Waals surface area contributed by atoms with E-state index in [1.165, 1.54) is 0 Å². The number of rotatable bonds is 5. The molecule has 1 aromatic rings. The van der Waals surface area contributed by atoms with Crippen LogP contribution in [0.4, 0.5) is 0 Å². The highest BCUT2D eigenvalue weighted by Gasteiger charge is 2.28. The molecule has 0 aromatic carbocycles. The van der Waals surface area contributed by atoms with Gasteiger partial charge in [0.2, 0.25) is 5.91 Å². The summed E-state index contributed by atoms with van der Waals surface area (Å²) in [5.41, 5.74) is 0.422. The standard InChI is InChI=1S/C14H22N2O2/c1-10(2)16-13(17)14(3,4)8-11-6-7-12(18-5)9-15-11/h6-7,9-10H,8H2,1-5H3,(H,16,17). The molecule has 1 heterocycles. The monoisotopic (exact) mass is 250 g/mol. The maximum Gasteiger partial charge on any atom is 0.226 e. The lowest BCUT2D eigenvalue weighted by Crippen LogP contribution is -2.41. The van der Waals surface area contributed by atoms with Crippen LogP contribution in [0.5, 0.6) is 5.75 Å². The minimum absolute atomic E-state index is 0.0510. The van der Waals surface area contributed by atoms with Crippen LogP contribution in [-0.2, 0) is 11.2 Å². The molecule has 0 unspecified atom stereocenters. The van der Waals surface area contributed by atoms with Crippen molar-refractivity contribution in [2.75, 3.05) is 7.11 Å². The van der Waals surface area contributed by atoms with Crippen molar-refractivity contribution in [1.29, 1.82) is 0 Å². The van der Waals surface area contributed by atoms with Crippen molar-refractivity contribution < 1.29 is 9.53 Å². The fraction of sp³-hybridized carbons (Fsp3) is 0.571. The van der Waals surface area contributed by atoms with E-state index in [2.05, 4.69) is 10.3 Å². The molecule has 18 heavy (non-hydrogen) atoms. The van der Waals surface area contributed by atoms with Crippen LogP contribution in [0.2, 0.25) is 0 Å². The van der Waals surface area contributed by atoms with Gasteiger partial charge in [0.25, 0.3) is 0 Å². The summed E-state index contributed by atoms with van der Waals surface area (Å²) in [5, 5.41) is 2.93. The first-order valence-electron chi connectivity index (χ1n) is 6.15. The van der Waals surface area contributed by atoms with E-state index in [1.807, 2.05) is 39.8 Å². The summed E-state index contributed by atoms with van der Waals surface area (Å²) in [6.45, 7) is 7.77. The number of hydrogen-bond donors (Lipinski definition) is 1. The van der Waals surface area contributed by atoms with Gasteiger partial charge in [-0.1, -0.05) is 13.8 Å². The first-order valence-corrected chi connectivity index (χ1v) is 6.15. The molecule has 0 fully saturated rings. The van der Waals surface area contributed by atoms with Crippen molar-refractivity contribution in [2.45, 2.75) is 40.2 Å². The van der Waals surface area contributed by atoms with Crippen molar-refractivity contribution >= 4 is 5.91 Å². The Balaban J connectivity index is 2.71. The van der Waals surface area contributed by atoms with E-state index in [-0.39, 0.29) is 11.9 Å². The number of carbonyl (C=O) groups excluding carboxylic acids is 1. The lowest BCUT2D eigenvalue weighted by molar-refractivity contribution is -0.129. The number of hydrogen-bond acceptors (Lipinski definition) is 3. The summed E-state index contributed by atoms with van der Waals surface area (Å²) in [4.78, 5) is 16.3. The molecular formula is C14H22N2O2. The van der Waals surface area contributed by atoms with E-state index in [4.69, 9.17) is 4.74 Å². The molecule has 0 saturated heterocycles. The SMILES string of the molecule is COc1ccc(CC(C)(C)C(=O)NC(C)C)nc1. The zero-order chi connectivity index (χ0) is 13.8. The van der Waals surface area contributed by atoms with E-state index >= 15 is 0 Å². The number of ether oxygens (including phenoxy) is 1.